The summed E-state index contributed by atoms with van der Waals surface area (Å²) in [4.78, 5) is 28.4. The highest BCUT2D eigenvalue weighted by molar-refractivity contribution is 6.31. The van der Waals surface area contributed by atoms with Crippen LogP contribution in [0.3, 0.4) is 0 Å². The van der Waals surface area contributed by atoms with E-state index in [0.29, 0.717) is 34.3 Å². The minimum atomic E-state index is -1.13. The highest BCUT2D eigenvalue weighted by Gasteiger charge is 2.62. The van der Waals surface area contributed by atoms with Gasteiger partial charge >= 0.3 is 5.97 Å². The number of anilines is 2. The summed E-state index contributed by atoms with van der Waals surface area (Å²) in [5.74, 6) is -3.68. The largest absolute Gasteiger partial charge is 0.495 e. The summed E-state index contributed by atoms with van der Waals surface area (Å²) in [5.41, 5.74) is 1.64. The topological polar surface area (TPSA) is 145 Å². The Hall–Kier alpha value is -5.11. The lowest BCUT2D eigenvalue weighted by Crippen LogP contribution is -2.48. The lowest BCUT2D eigenvalue weighted by molar-refractivity contribution is -0.118. The number of carbonyl (C=O) groups excluding carboxylic acids is 1. The van der Waals surface area contributed by atoms with E-state index >= 15 is 8.78 Å². The third-order valence-electron chi connectivity index (χ3n) is 10.2. The third-order valence-corrected chi connectivity index (χ3v) is 10.8. The Labute approximate surface area is 320 Å². The highest BCUT2D eigenvalue weighted by atomic mass is 35.5. The van der Waals surface area contributed by atoms with E-state index in [1.807, 2.05) is 30.3 Å². The first-order valence-corrected chi connectivity index (χ1v) is 18.0. The normalized spacial score (nSPS) is 20.7. The average molecular weight is 777 g/mol. The molecule has 1 saturated heterocycles. The van der Waals surface area contributed by atoms with E-state index in [9.17, 15) is 14.7 Å². The zero-order valence-electron chi connectivity index (χ0n) is 29.8. The maximum absolute atomic E-state index is 15.5. The van der Waals surface area contributed by atoms with Gasteiger partial charge < -0.3 is 25.4 Å². The molecule has 1 amide bonds. The number of aromatic carboxylic acids is 1. The van der Waals surface area contributed by atoms with E-state index in [1.165, 1.54) is 37.4 Å². The number of amides is 1. The number of halogens is 4. The summed E-state index contributed by atoms with van der Waals surface area (Å²) in [5, 5.41) is 30.2. The van der Waals surface area contributed by atoms with Crippen molar-refractivity contribution in [2.24, 2.45) is 5.41 Å². The van der Waals surface area contributed by atoms with Gasteiger partial charge in [0.2, 0.25) is 5.91 Å². The van der Waals surface area contributed by atoms with Gasteiger partial charge in [-0.25, -0.2) is 18.7 Å². The molecule has 0 bridgehead atoms. The van der Waals surface area contributed by atoms with Gasteiger partial charge in [-0.3, -0.25) is 4.79 Å². The molecule has 1 spiro atoms. The molecule has 1 fully saturated rings. The Balaban J connectivity index is 1.36. The summed E-state index contributed by atoms with van der Waals surface area (Å²) >= 11 is 13.8. The van der Waals surface area contributed by atoms with Crippen LogP contribution in [0.2, 0.25) is 10.0 Å². The van der Waals surface area contributed by atoms with Crippen LogP contribution in [0.1, 0.15) is 60.2 Å². The minimum absolute atomic E-state index is 0.00546. The Bertz CT molecular complexity index is 2230. The molecule has 2 aliphatic rings. The monoisotopic (exact) mass is 775 g/mol. The fourth-order valence-corrected chi connectivity index (χ4v) is 8.58. The first-order valence-electron chi connectivity index (χ1n) is 17.2. The molecule has 4 N–H and O–H groups in total. The number of H-pyrrole nitrogens is 1. The number of benzene rings is 4. The minimum Gasteiger partial charge on any atom is -0.495 e. The van der Waals surface area contributed by atoms with Crippen LogP contribution in [0.15, 0.2) is 72.8 Å². The first-order chi connectivity index (χ1) is 25.7. The van der Waals surface area contributed by atoms with E-state index in [-0.39, 0.29) is 46.6 Å². The summed E-state index contributed by atoms with van der Waals surface area (Å²) in [6.07, 6.45) is 0.622. The van der Waals surface area contributed by atoms with E-state index in [2.05, 4.69) is 56.9 Å². The number of fused-ring (bicyclic) bond motifs is 2. The van der Waals surface area contributed by atoms with Crippen molar-refractivity contribution in [3.63, 3.8) is 0 Å². The van der Waals surface area contributed by atoms with Crippen LogP contribution in [0.5, 0.6) is 5.75 Å². The molecule has 1 aromatic heterocycles. The number of aromatic amines is 1. The van der Waals surface area contributed by atoms with Gasteiger partial charge in [-0.1, -0.05) is 62.2 Å². The molecular weight excluding hydrogens is 739 g/mol. The number of rotatable bonds is 9. The number of carboxylic acid groups (broad SMARTS) is 1. The number of hydrogen-bond acceptors (Lipinski definition) is 8. The molecule has 4 atom stereocenters. The standard InChI is InChI=1S/C39H37Cl2F2N7O4/c1-38(2,3)17-31-39(19-50(29-12-10-22(40)16-24(29)39)18-20-13-26(42)32(27(43)14-20)35-46-48-49-47-35)33(23-7-5-6-8-25(23)41)34(45-31)36(51)44-28-11-9-21(37(52)53)15-30(28)54-4/h5-16,31,33-34,45H,17-19H2,1-4H3,(H,44,51)(H,52,53)(H,46,47,48,49)/t31-,33-,34+,39-/m0/s1. The molecule has 7 rings (SSSR count). The number of ether oxygens (including phenoxy) is 1. The molecule has 0 radical (unpaired) electrons. The maximum Gasteiger partial charge on any atom is 0.335 e. The second-order valence-electron chi connectivity index (χ2n) is 14.9. The van der Waals surface area contributed by atoms with Gasteiger partial charge in [0.05, 0.1) is 30.0 Å². The van der Waals surface area contributed by atoms with Crippen LogP contribution in [-0.2, 0) is 16.8 Å². The van der Waals surface area contributed by atoms with Crippen molar-refractivity contribution in [1.82, 2.24) is 25.9 Å². The number of nitrogens with one attached hydrogen (secondary N) is 3. The Kier molecular flexibility index (Phi) is 9.84. The maximum atomic E-state index is 15.5. The summed E-state index contributed by atoms with van der Waals surface area (Å²) in [6, 6.07) is 18.6. The Morgan fingerprint density at radius 1 is 1.06 bits per heavy atom. The Morgan fingerprint density at radius 3 is 2.44 bits per heavy atom. The van der Waals surface area contributed by atoms with Gasteiger partial charge in [-0.05, 0) is 93.6 Å². The summed E-state index contributed by atoms with van der Waals surface area (Å²) < 4.78 is 36.5. The predicted octanol–water partition coefficient (Wildman–Crippen LogP) is 7.62. The van der Waals surface area contributed by atoms with Crippen molar-refractivity contribution < 1.29 is 28.2 Å². The predicted molar refractivity (Wildman–Crippen MR) is 201 cm³/mol. The number of aromatic nitrogens is 4. The van der Waals surface area contributed by atoms with Crippen molar-refractivity contribution >= 4 is 46.5 Å². The number of carboxylic acids is 1. The van der Waals surface area contributed by atoms with Crippen molar-refractivity contribution in [2.75, 3.05) is 23.9 Å². The van der Waals surface area contributed by atoms with E-state index in [0.717, 1.165) is 16.8 Å². The smallest absolute Gasteiger partial charge is 0.335 e. The number of hydrogen-bond donors (Lipinski definition) is 4. The van der Waals surface area contributed by atoms with Crippen molar-refractivity contribution in [3.8, 4) is 17.1 Å². The van der Waals surface area contributed by atoms with Crippen LogP contribution in [-0.4, -0.2) is 63.3 Å². The molecule has 54 heavy (non-hydrogen) atoms. The van der Waals surface area contributed by atoms with Crippen LogP contribution >= 0.6 is 23.2 Å². The molecule has 15 heteroatoms. The third kappa shape index (κ3) is 6.76. The first kappa shape index (κ1) is 37.2. The quantitative estimate of drug-likeness (QED) is 0.119. The number of nitrogens with zero attached hydrogens (tertiary/aromatic N) is 4. The lowest BCUT2D eigenvalue weighted by atomic mass is 9.63. The average Bonchev–Trinajstić information content (AvgIpc) is 3.82. The van der Waals surface area contributed by atoms with Crippen LogP contribution < -0.4 is 20.3 Å². The molecule has 0 unspecified atom stereocenters. The van der Waals surface area contributed by atoms with Gasteiger partial charge in [0.25, 0.3) is 0 Å². The molecule has 5 aromatic rings. The zero-order valence-corrected chi connectivity index (χ0v) is 31.3. The molecular formula is C39H37Cl2F2N7O4. The summed E-state index contributed by atoms with van der Waals surface area (Å²) in [7, 11) is 1.40. The molecule has 4 aromatic carbocycles. The zero-order chi connectivity index (χ0) is 38.5. The number of tetrazole rings is 1. The second kappa shape index (κ2) is 14.3. The van der Waals surface area contributed by atoms with Crippen molar-refractivity contribution in [1.29, 1.82) is 0 Å². The lowest BCUT2D eigenvalue weighted by Gasteiger charge is -2.40. The SMILES string of the molecule is COc1cc(C(=O)O)ccc1NC(=O)[C@@H]1N[C@@H](CC(C)(C)C)[C@@]2(CN(Cc3cc(F)c(-c4nnn[nH]4)c(F)c3)c3ccc(Cl)cc32)[C@H]1c1ccccc1Cl. The highest BCUT2D eigenvalue weighted by Crippen LogP contribution is 2.59. The van der Waals surface area contributed by atoms with Gasteiger partial charge in [-0.2, -0.15) is 0 Å². The fourth-order valence-electron chi connectivity index (χ4n) is 8.16. The van der Waals surface area contributed by atoms with E-state index in [4.69, 9.17) is 27.9 Å². The van der Waals surface area contributed by atoms with Gasteiger partial charge in [0, 0.05) is 46.2 Å². The summed E-state index contributed by atoms with van der Waals surface area (Å²) in [6.45, 7) is 6.83. The van der Waals surface area contributed by atoms with Gasteiger partial charge in [-0.15, -0.1) is 5.10 Å². The molecule has 0 saturated carbocycles. The molecule has 280 valence electrons. The van der Waals surface area contributed by atoms with Gasteiger partial charge in [0.15, 0.2) is 5.82 Å². The van der Waals surface area contributed by atoms with Crippen LogP contribution in [0.4, 0.5) is 20.2 Å². The van der Waals surface area contributed by atoms with E-state index in [1.54, 1.807) is 12.1 Å². The van der Waals surface area contributed by atoms with Gasteiger partial charge in [0.1, 0.15) is 17.4 Å². The van der Waals surface area contributed by atoms with Crippen molar-refractivity contribution in [3.05, 3.63) is 117 Å². The molecule has 11 nitrogen and oxygen atoms in total. The fraction of sp³-hybridized carbons (Fsp3) is 0.308. The molecule has 2 aliphatic heterocycles. The molecule has 0 aliphatic carbocycles. The molecule has 3 heterocycles. The Morgan fingerprint density at radius 2 is 1.80 bits per heavy atom. The second-order valence-corrected chi connectivity index (χ2v) is 15.8. The van der Waals surface area contributed by atoms with Crippen molar-refractivity contribution in [2.45, 2.75) is 57.2 Å². The van der Waals surface area contributed by atoms with E-state index < -0.39 is 35.0 Å². The van der Waals surface area contributed by atoms with Crippen LogP contribution in [0, 0.1) is 17.0 Å². The van der Waals surface area contributed by atoms with Crippen LogP contribution in [0.25, 0.3) is 11.4 Å². The number of carbonyl (C=O) groups is 2. The number of methoxy groups -OCH3 is 1.